The van der Waals surface area contributed by atoms with Gasteiger partial charge in [-0.3, -0.25) is 4.79 Å². The van der Waals surface area contributed by atoms with Crippen LogP contribution in [0, 0.1) is 0 Å². The first-order chi connectivity index (χ1) is 12.5. The molecule has 0 saturated heterocycles. The average molecular weight is 378 g/mol. The lowest BCUT2D eigenvalue weighted by atomic mass is 10.1. The van der Waals surface area contributed by atoms with Crippen molar-refractivity contribution in [2.24, 2.45) is 0 Å². The summed E-state index contributed by atoms with van der Waals surface area (Å²) in [7, 11) is 1.58. The highest BCUT2D eigenvalue weighted by atomic mass is 35.5. The summed E-state index contributed by atoms with van der Waals surface area (Å²) in [6.07, 6.45) is 2.75. The number of nitrogens with one attached hydrogen (secondary N) is 1. The SMILES string of the molecule is COCCOc1ncc(C(=O)NCC2(O)CC2)nc1-c1ccc(Cl)cc1. The van der Waals surface area contributed by atoms with Crippen LogP contribution in [0.4, 0.5) is 0 Å². The normalized spacial score (nSPS) is 14.7. The summed E-state index contributed by atoms with van der Waals surface area (Å²) >= 11 is 5.94. The molecule has 0 atom stereocenters. The first-order valence-electron chi connectivity index (χ1n) is 8.26. The number of carbonyl (C=O) groups is 1. The minimum atomic E-state index is -0.773. The summed E-state index contributed by atoms with van der Waals surface area (Å²) in [6.45, 7) is 0.919. The van der Waals surface area contributed by atoms with Crippen molar-refractivity contribution < 1.29 is 19.4 Å². The van der Waals surface area contributed by atoms with Crippen LogP contribution in [-0.4, -0.2) is 53.5 Å². The van der Waals surface area contributed by atoms with E-state index in [0.29, 0.717) is 42.7 Å². The van der Waals surface area contributed by atoms with E-state index >= 15 is 0 Å². The van der Waals surface area contributed by atoms with Crippen LogP contribution in [0.5, 0.6) is 5.88 Å². The van der Waals surface area contributed by atoms with Gasteiger partial charge in [0, 0.05) is 24.2 Å². The van der Waals surface area contributed by atoms with Gasteiger partial charge < -0.3 is 19.9 Å². The fraction of sp³-hybridized carbons (Fsp3) is 0.389. The number of ether oxygens (including phenoxy) is 2. The zero-order valence-electron chi connectivity index (χ0n) is 14.4. The van der Waals surface area contributed by atoms with Crippen molar-refractivity contribution in [2.45, 2.75) is 18.4 Å². The summed E-state index contributed by atoms with van der Waals surface area (Å²) in [4.78, 5) is 21.0. The molecule has 0 bridgehead atoms. The highest BCUT2D eigenvalue weighted by Crippen LogP contribution is 2.34. The van der Waals surface area contributed by atoms with Crippen molar-refractivity contribution in [3.05, 3.63) is 41.2 Å². The zero-order valence-corrected chi connectivity index (χ0v) is 15.1. The van der Waals surface area contributed by atoms with E-state index in [0.717, 1.165) is 5.56 Å². The molecule has 8 heteroatoms. The van der Waals surface area contributed by atoms with E-state index in [2.05, 4.69) is 15.3 Å². The summed E-state index contributed by atoms with van der Waals surface area (Å²) in [5.41, 5.74) is 0.546. The number of aromatic nitrogens is 2. The third-order valence-corrected chi connectivity index (χ3v) is 4.27. The molecule has 2 N–H and O–H groups in total. The Hall–Kier alpha value is -2.22. The number of halogens is 1. The van der Waals surface area contributed by atoms with Crippen molar-refractivity contribution in [1.29, 1.82) is 0 Å². The summed E-state index contributed by atoms with van der Waals surface area (Å²) < 4.78 is 10.6. The van der Waals surface area contributed by atoms with Crippen LogP contribution < -0.4 is 10.1 Å². The summed E-state index contributed by atoms with van der Waals surface area (Å²) in [6, 6.07) is 7.02. The molecule has 0 aliphatic heterocycles. The molecule has 138 valence electrons. The lowest BCUT2D eigenvalue weighted by Gasteiger charge is -2.12. The van der Waals surface area contributed by atoms with Crippen molar-refractivity contribution in [1.82, 2.24) is 15.3 Å². The number of benzene rings is 1. The number of carbonyl (C=O) groups excluding carboxylic acids is 1. The van der Waals surface area contributed by atoms with Crippen LogP contribution in [0.1, 0.15) is 23.3 Å². The molecule has 1 fully saturated rings. The molecular formula is C18H20ClN3O4. The Morgan fingerprint density at radius 1 is 1.31 bits per heavy atom. The van der Waals surface area contributed by atoms with Gasteiger partial charge in [0.25, 0.3) is 5.91 Å². The topological polar surface area (TPSA) is 93.6 Å². The van der Waals surface area contributed by atoms with E-state index in [1.165, 1.54) is 6.20 Å². The van der Waals surface area contributed by atoms with Gasteiger partial charge in [0.15, 0.2) is 0 Å². The Morgan fingerprint density at radius 2 is 2.04 bits per heavy atom. The maximum atomic E-state index is 12.3. The van der Waals surface area contributed by atoms with E-state index in [-0.39, 0.29) is 12.2 Å². The van der Waals surface area contributed by atoms with Crippen LogP contribution in [0.2, 0.25) is 5.02 Å². The molecule has 1 aromatic heterocycles. The largest absolute Gasteiger partial charge is 0.474 e. The van der Waals surface area contributed by atoms with Gasteiger partial charge >= 0.3 is 0 Å². The number of hydrogen-bond donors (Lipinski definition) is 2. The predicted molar refractivity (Wildman–Crippen MR) is 96.4 cm³/mol. The number of rotatable bonds is 8. The molecule has 1 heterocycles. The standard InChI is InChI=1S/C18H20ClN3O4/c1-25-8-9-26-17-15(12-2-4-13(19)5-3-12)22-14(10-20-17)16(23)21-11-18(24)6-7-18/h2-5,10,24H,6-9,11H2,1H3,(H,21,23). The van der Waals surface area contributed by atoms with E-state index in [4.69, 9.17) is 21.1 Å². The van der Waals surface area contributed by atoms with E-state index < -0.39 is 11.5 Å². The number of nitrogens with zero attached hydrogens (tertiary/aromatic N) is 2. The second kappa shape index (κ2) is 7.99. The minimum absolute atomic E-state index is 0.151. The maximum absolute atomic E-state index is 12.3. The highest BCUT2D eigenvalue weighted by Gasteiger charge is 2.40. The lowest BCUT2D eigenvalue weighted by Crippen LogP contribution is -2.33. The Labute approximate surface area is 156 Å². The average Bonchev–Trinajstić information content (AvgIpc) is 3.39. The van der Waals surface area contributed by atoms with Gasteiger partial charge in [-0.05, 0) is 25.0 Å². The molecule has 0 radical (unpaired) electrons. The van der Waals surface area contributed by atoms with Gasteiger partial charge in [0.1, 0.15) is 18.0 Å². The summed E-state index contributed by atoms with van der Waals surface area (Å²) in [5, 5.41) is 13.1. The van der Waals surface area contributed by atoms with Gasteiger partial charge in [-0.25, -0.2) is 9.97 Å². The number of amides is 1. The molecule has 26 heavy (non-hydrogen) atoms. The van der Waals surface area contributed by atoms with E-state index in [9.17, 15) is 9.90 Å². The van der Waals surface area contributed by atoms with Gasteiger partial charge in [-0.15, -0.1) is 0 Å². The Bertz CT molecular complexity index is 779. The van der Waals surface area contributed by atoms with E-state index in [1.807, 2.05) is 0 Å². The molecule has 7 nitrogen and oxygen atoms in total. The first-order valence-corrected chi connectivity index (χ1v) is 8.64. The van der Waals surface area contributed by atoms with Gasteiger partial charge in [-0.1, -0.05) is 23.7 Å². The summed E-state index contributed by atoms with van der Waals surface area (Å²) in [5.74, 6) is -0.0850. The van der Waals surface area contributed by atoms with Crippen molar-refractivity contribution in [3.63, 3.8) is 0 Å². The Morgan fingerprint density at radius 3 is 2.69 bits per heavy atom. The predicted octanol–water partition coefficient (Wildman–Crippen LogP) is 2.08. The van der Waals surface area contributed by atoms with Crippen molar-refractivity contribution >= 4 is 17.5 Å². The first kappa shape index (κ1) is 18.6. The molecule has 3 rings (SSSR count). The van der Waals surface area contributed by atoms with Crippen LogP contribution in [0.15, 0.2) is 30.5 Å². The van der Waals surface area contributed by atoms with Crippen LogP contribution in [-0.2, 0) is 4.74 Å². The molecule has 0 unspecified atom stereocenters. The van der Waals surface area contributed by atoms with Crippen LogP contribution in [0.25, 0.3) is 11.3 Å². The van der Waals surface area contributed by atoms with Gasteiger partial charge in [0.05, 0.1) is 18.4 Å². The number of aliphatic hydroxyl groups is 1. The molecule has 1 aliphatic rings. The second-order valence-corrected chi connectivity index (χ2v) is 6.60. The van der Waals surface area contributed by atoms with Gasteiger partial charge in [0.2, 0.25) is 5.88 Å². The van der Waals surface area contributed by atoms with E-state index in [1.54, 1.807) is 31.4 Å². The lowest BCUT2D eigenvalue weighted by molar-refractivity contribution is 0.0890. The third-order valence-electron chi connectivity index (χ3n) is 4.02. The van der Waals surface area contributed by atoms with Crippen LogP contribution >= 0.6 is 11.6 Å². The van der Waals surface area contributed by atoms with Gasteiger partial charge in [-0.2, -0.15) is 0 Å². The highest BCUT2D eigenvalue weighted by molar-refractivity contribution is 6.30. The molecule has 1 amide bonds. The second-order valence-electron chi connectivity index (χ2n) is 6.16. The molecular weight excluding hydrogens is 358 g/mol. The minimum Gasteiger partial charge on any atom is -0.474 e. The van der Waals surface area contributed by atoms with Crippen molar-refractivity contribution in [3.8, 4) is 17.1 Å². The quantitative estimate of drug-likeness (QED) is 0.684. The maximum Gasteiger partial charge on any atom is 0.271 e. The van der Waals surface area contributed by atoms with Crippen LogP contribution in [0.3, 0.4) is 0 Å². The van der Waals surface area contributed by atoms with Crippen molar-refractivity contribution in [2.75, 3.05) is 26.9 Å². The number of methoxy groups -OCH3 is 1. The molecule has 0 spiro atoms. The third kappa shape index (κ3) is 4.69. The molecule has 2 aromatic rings. The number of hydrogen-bond acceptors (Lipinski definition) is 6. The molecule has 1 aromatic carbocycles. The smallest absolute Gasteiger partial charge is 0.271 e. The molecule has 1 saturated carbocycles. The Kier molecular flexibility index (Phi) is 5.70. The fourth-order valence-electron chi connectivity index (χ4n) is 2.27. The monoisotopic (exact) mass is 377 g/mol. The zero-order chi connectivity index (χ0) is 18.6. The molecule has 1 aliphatic carbocycles. The Balaban J connectivity index is 1.83. The fourth-order valence-corrected chi connectivity index (χ4v) is 2.39.